The molecule has 0 radical (unpaired) electrons. The first-order chi connectivity index (χ1) is 11.1. The number of nitrogens with zero attached hydrogens (tertiary/aromatic N) is 3. The molecule has 0 aliphatic rings. The molecule has 8 heteroatoms. The van der Waals surface area contributed by atoms with Crippen LogP contribution >= 0.6 is 0 Å². The molecule has 2 aromatic rings. The molecule has 2 rings (SSSR count). The summed E-state index contributed by atoms with van der Waals surface area (Å²) in [6, 6.07) is 5.48. The molecule has 0 spiro atoms. The van der Waals surface area contributed by atoms with Gasteiger partial charge >= 0.3 is 6.09 Å². The number of rotatable bonds is 5. The van der Waals surface area contributed by atoms with Gasteiger partial charge in [0.2, 0.25) is 0 Å². The van der Waals surface area contributed by atoms with Crippen molar-refractivity contribution in [1.82, 2.24) is 15.1 Å². The minimum Gasteiger partial charge on any atom is -0.443 e. The highest BCUT2D eigenvalue weighted by molar-refractivity contribution is 5.82. The normalized spacial score (nSPS) is 14.4. The van der Waals surface area contributed by atoms with Crippen molar-refractivity contribution in [2.24, 2.45) is 0 Å². The minimum absolute atomic E-state index is 0.323. The van der Waals surface area contributed by atoms with Crippen molar-refractivity contribution in [2.45, 2.75) is 51.7 Å². The van der Waals surface area contributed by atoms with E-state index >= 15 is 0 Å². The van der Waals surface area contributed by atoms with Gasteiger partial charge in [0.25, 0.3) is 0 Å². The first kappa shape index (κ1) is 18.2. The molecule has 0 aliphatic carbocycles. The van der Waals surface area contributed by atoms with Gasteiger partial charge in [-0.25, -0.2) is 10.2 Å². The van der Waals surface area contributed by atoms with Gasteiger partial charge < -0.3 is 14.9 Å². The fraction of sp³-hybridized carbons (Fsp3) is 0.562. The van der Waals surface area contributed by atoms with Gasteiger partial charge in [-0.15, -0.1) is 9.89 Å². The molecule has 0 saturated heterocycles. The number of benzene rings is 1. The number of aliphatic hydroxyl groups excluding tert-OH is 1. The summed E-state index contributed by atoms with van der Waals surface area (Å²) in [7, 11) is 0. The highest BCUT2D eigenvalue weighted by Gasteiger charge is 2.21. The molecule has 1 aromatic heterocycles. The Morgan fingerprint density at radius 3 is 2.67 bits per heavy atom. The molecule has 1 aromatic carbocycles. The highest BCUT2D eigenvalue weighted by atomic mass is 16.6. The summed E-state index contributed by atoms with van der Waals surface area (Å²) in [4.78, 5) is 13.2. The summed E-state index contributed by atoms with van der Waals surface area (Å²) in [6.45, 7) is 6.57. The molecule has 0 fully saturated rings. The first-order valence-electron chi connectivity index (χ1n) is 7.78. The number of hydrogen-bond acceptors (Lipinski definition) is 6. The van der Waals surface area contributed by atoms with E-state index in [1.54, 1.807) is 33.8 Å². The third-order valence-electron chi connectivity index (χ3n) is 3.42. The lowest BCUT2D eigenvalue weighted by molar-refractivity contribution is -0.00470. The number of aromatic nitrogens is 3. The van der Waals surface area contributed by atoms with Gasteiger partial charge in [0.05, 0.1) is 12.2 Å². The number of aryl methyl sites for hydroxylation is 1. The zero-order valence-corrected chi connectivity index (χ0v) is 14.4. The van der Waals surface area contributed by atoms with Crippen molar-refractivity contribution >= 4 is 17.1 Å². The molecule has 0 aliphatic heterocycles. The molecule has 1 atom stereocenters. The molecular weight excluding hydrogens is 312 g/mol. The Bertz CT molecular complexity index is 718. The molecule has 24 heavy (non-hydrogen) atoms. The lowest BCUT2D eigenvalue weighted by Gasteiger charge is -2.21. The van der Waals surface area contributed by atoms with E-state index in [1.807, 2.05) is 12.1 Å². The summed E-state index contributed by atoms with van der Waals surface area (Å²) in [6.07, 6.45) is 0.223. The smallest absolute Gasteiger partial charge is 0.428 e. The molecule has 3 N–H and O–H groups in total. The summed E-state index contributed by atoms with van der Waals surface area (Å²) in [5.41, 5.74) is 2.86. The third-order valence-corrected chi connectivity index (χ3v) is 3.42. The monoisotopic (exact) mass is 336 g/mol. The van der Waals surface area contributed by atoms with Crippen molar-refractivity contribution in [2.75, 3.05) is 12.0 Å². The third kappa shape index (κ3) is 4.65. The predicted molar refractivity (Wildman–Crippen MR) is 89.2 cm³/mol. The van der Waals surface area contributed by atoms with E-state index in [9.17, 15) is 15.0 Å². The molecular formula is C16H24N4O4. The molecule has 1 amide bonds. The number of carbonyl (C=O) groups excluding carboxylic acids is 1. The number of fused-ring (bicyclic) bond motifs is 1. The summed E-state index contributed by atoms with van der Waals surface area (Å²) >= 11 is 0. The number of ether oxygens (including phenoxy) is 1. The fourth-order valence-electron chi connectivity index (χ4n) is 2.19. The van der Waals surface area contributed by atoms with Crippen LogP contribution in [0.5, 0.6) is 0 Å². The molecule has 1 heterocycles. The van der Waals surface area contributed by atoms with Crippen LogP contribution in [0.15, 0.2) is 18.2 Å². The van der Waals surface area contributed by atoms with Crippen LogP contribution < -0.4 is 5.43 Å². The van der Waals surface area contributed by atoms with Gasteiger partial charge in [-0.05, 0) is 57.4 Å². The van der Waals surface area contributed by atoms with E-state index in [4.69, 9.17) is 4.74 Å². The van der Waals surface area contributed by atoms with E-state index in [2.05, 4.69) is 15.7 Å². The van der Waals surface area contributed by atoms with E-state index in [1.165, 1.54) is 4.79 Å². The minimum atomic E-state index is -1.17. The van der Waals surface area contributed by atoms with Crippen LogP contribution in [0.4, 0.5) is 4.79 Å². The maximum absolute atomic E-state index is 11.9. The zero-order valence-electron chi connectivity index (χ0n) is 14.4. The van der Waals surface area contributed by atoms with E-state index in [0.717, 1.165) is 5.56 Å². The Balaban J connectivity index is 2.24. The summed E-state index contributed by atoms with van der Waals surface area (Å²) < 4.78 is 5.22. The topological polar surface area (TPSA) is 110 Å². The Morgan fingerprint density at radius 1 is 1.33 bits per heavy atom. The van der Waals surface area contributed by atoms with Crippen molar-refractivity contribution in [3.8, 4) is 0 Å². The molecule has 132 valence electrons. The molecule has 0 bridgehead atoms. The van der Waals surface area contributed by atoms with Crippen LogP contribution in [0.1, 0.15) is 39.7 Å². The number of carbonyl (C=O) groups is 1. The number of hydrogen-bond donors (Lipinski definition) is 3. The second-order valence-electron chi connectivity index (χ2n) is 7.05. The van der Waals surface area contributed by atoms with Gasteiger partial charge in [-0.3, -0.25) is 0 Å². The second kappa shape index (κ2) is 6.74. The Labute approximate surface area is 140 Å². The Kier molecular flexibility index (Phi) is 5.10. The number of aliphatic hydroxyl groups is 2. The van der Waals surface area contributed by atoms with E-state index < -0.39 is 17.3 Å². The van der Waals surface area contributed by atoms with Gasteiger partial charge in [0.1, 0.15) is 16.6 Å². The maximum Gasteiger partial charge on any atom is 0.428 e. The van der Waals surface area contributed by atoms with Gasteiger partial charge in [-0.2, -0.15) is 0 Å². The van der Waals surface area contributed by atoms with Crippen LogP contribution in [0.3, 0.4) is 0 Å². The van der Waals surface area contributed by atoms with Gasteiger partial charge in [-0.1, -0.05) is 12.1 Å². The zero-order chi connectivity index (χ0) is 18.0. The van der Waals surface area contributed by atoms with Crippen LogP contribution in [0.2, 0.25) is 0 Å². The molecule has 1 unspecified atom stereocenters. The largest absolute Gasteiger partial charge is 0.443 e. The van der Waals surface area contributed by atoms with Crippen molar-refractivity contribution in [3.05, 3.63) is 23.8 Å². The summed E-state index contributed by atoms with van der Waals surface area (Å²) in [5, 5.41) is 27.1. The van der Waals surface area contributed by atoms with Gasteiger partial charge in [0, 0.05) is 0 Å². The van der Waals surface area contributed by atoms with Crippen LogP contribution in [0, 0.1) is 0 Å². The SMILES string of the molecule is CC(O)(CO)CCc1cccc2nnn(NC(=O)OC(C)(C)C)c12. The van der Waals surface area contributed by atoms with Crippen molar-refractivity contribution < 1.29 is 19.7 Å². The van der Waals surface area contributed by atoms with Crippen LogP contribution in [-0.4, -0.2) is 49.2 Å². The lowest BCUT2D eigenvalue weighted by atomic mass is 9.97. The average Bonchev–Trinajstić information content (AvgIpc) is 2.87. The molecule has 0 saturated carbocycles. The number of para-hydroxylation sites is 1. The Morgan fingerprint density at radius 2 is 2.04 bits per heavy atom. The first-order valence-corrected chi connectivity index (χ1v) is 7.78. The van der Waals surface area contributed by atoms with Crippen LogP contribution in [-0.2, 0) is 11.2 Å². The Hall–Kier alpha value is -2.19. The highest BCUT2D eigenvalue weighted by Crippen LogP contribution is 2.20. The van der Waals surface area contributed by atoms with E-state index in [0.29, 0.717) is 23.9 Å². The van der Waals surface area contributed by atoms with Crippen LogP contribution in [0.25, 0.3) is 11.0 Å². The van der Waals surface area contributed by atoms with Crippen molar-refractivity contribution in [1.29, 1.82) is 0 Å². The van der Waals surface area contributed by atoms with Gasteiger partial charge in [0.15, 0.2) is 0 Å². The standard InChI is InChI=1S/C16H24N4O4/c1-15(2,3)24-14(22)18-20-13-11(8-9-16(4,23)10-21)6-5-7-12(13)17-19-20/h5-7,21,23H,8-10H2,1-4H3,(H,18,22). The quantitative estimate of drug-likeness (QED) is 0.765. The second-order valence-corrected chi connectivity index (χ2v) is 7.05. The van der Waals surface area contributed by atoms with E-state index in [-0.39, 0.29) is 6.61 Å². The fourth-order valence-corrected chi connectivity index (χ4v) is 2.19. The molecule has 8 nitrogen and oxygen atoms in total. The maximum atomic E-state index is 11.9. The number of nitrogens with one attached hydrogen (secondary N) is 1. The van der Waals surface area contributed by atoms with Crippen molar-refractivity contribution in [3.63, 3.8) is 0 Å². The predicted octanol–water partition coefficient (Wildman–Crippen LogP) is 1.59. The summed E-state index contributed by atoms with van der Waals surface area (Å²) in [5.74, 6) is 0. The number of amides is 1. The average molecular weight is 336 g/mol. The lowest BCUT2D eigenvalue weighted by Crippen LogP contribution is -2.32.